The van der Waals surface area contributed by atoms with Crippen molar-refractivity contribution >= 4 is 35.1 Å². The highest BCUT2D eigenvalue weighted by atomic mass is 32.2. The van der Waals surface area contributed by atoms with E-state index in [9.17, 15) is 4.79 Å². The molecule has 1 aromatic heterocycles. The zero-order chi connectivity index (χ0) is 18.1. The Balaban J connectivity index is 1.40. The maximum atomic E-state index is 12.6. The zero-order valence-electron chi connectivity index (χ0n) is 15.4. The number of carbonyl (C=O) groups excluding carboxylic acids is 1. The first-order chi connectivity index (χ1) is 12.6. The molecule has 2 heterocycles. The molecule has 2 aromatic rings. The van der Waals surface area contributed by atoms with Gasteiger partial charge in [0.1, 0.15) is 0 Å². The number of benzene rings is 1. The number of fused-ring (bicyclic) bond motifs is 3. The second-order valence-corrected chi connectivity index (χ2v) is 9.64. The third-order valence-corrected chi connectivity index (χ3v) is 7.62. The van der Waals surface area contributed by atoms with Crippen LogP contribution in [-0.2, 0) is 29.8 Å². The smallest absolute Gasteiger partial charge is 0.257 e. The highest BCUT2D eigenvalue weighted by molar-refractivity contribution is 8.03. The molecule has 1 atom stereocenters. The lowest BCUT2D eigenvalue weighted by atomic mass is 9.88. The van der Waals surface area contributed by atoms with Crippen LogP contribution in [0.5, 0.6) is 0 Å². The summed E-state index contributed by atoms with van der Waals surface area (Å²) in [6.45, 7) is 5.12. The van der Waals surface area contributed by atoms with Gasteiger partial charge in [-0.2, -0.15) is 0 Å². The van der Waals surface area contributed by atoms with Gasteiger partial charge in [0.2, 0.25) is 0 Å². The first-order valence-electron chi connectivity index (χ1n) is 9.42. The van der Waals surface area contributed by atoms with Crippen LogP contribution in [0.1, 0.15) is 45.4 Å². The number of thiophene rings is 1. The Morgan fingerprint density at radius 2 is 2.04 bits per heavy atom. The van der Waals surface area contributed by atoms with Gasteiger partial charge in [-0.25, -0.2) is 0 Å². The van der Waals surface area contributed by atoms with Gasteiger partial charge >= 0.3 is 0 Å². The van der Waals surface area contributed by atoms with Crippen LogP contribution in [0.25, 0.3) is 6.08 Å². The molecule has 136 valence electrons. The summed E-state index contributed by atoms with van der Waals surface area (Å²) in [4.78, 5) is 16.3. The van der Waals surface area contributed by atoms with Crippen molar-refractivity contribution in [1.29, 1.82) is 0 Å². The molecule has 1 aliphatic carbocycles. The number of hydrogen-bond acceptors (Lipinski definition) is 3. The lowest BCUT2D eigenvalue weighted by molar-refractivity contribution is -0.116. The minimum Gasteiger partial charge on any atom is -0.351 e. The molecule has 0 unspecified atom stereocenters. The minimum absolute atomic E-state index is 0.0764. The first-order valence-corrected chi connectivity index (χ1v) is 11.2. The Labute approximate surface area is 164 Å². The van der Waals surface area contributed by atoms with Crippen LogP contribution >= 0.6 is 23.1 Å². The molecule has 0 saturated heterocycles. The van der Waals surface area contributed by atoms with Crippen molar-refractivity contribution in [3.8, 4) is 0 Å². The second-order valence-electron chi connectivity index (χ2n) is 7.48. The molecule has 26 heavy (non-hydrogen) atoms. The summed E-state index contributed by atoms with van der Waals surface area (Å²) in [6.07, 6.45) is 6.73. The van der Waals surface area contributed by atoms with Gasteiger partial charge in [-0.05, 0) is 61.3 Å². The molecule has 4 heteroatoms. The van der Waals surface area contributed by atoms with E-state index < -0.39 is 0 Å². The van der Waals surface area contributed by atoms with E-state index in [-0.39, 0.29) is 5.91 Å². The van der Waals surface area contributed by atoms with E-state index >= 15 is 0 Å². The summed E-state index contributed by atoms with van der Waals surface area (Å²) in [5.41, 5.74) is 5.62. The summed E-state index contributed by atoms with van der Waals surface area (Å²) < 4.78 is 0. The molecule has 4 rings (SSSR count). The molecule has 0 spiro atoms. The van der Waals surface area contributed by atoms with Gasteiger partial charge in [-0.15, -0.1) is 23.1 Å². The van der Waals surface area contributed by atoms with Crippen molar-refractivity contribution in [1.82, 2.24) is 5.32 Å². The number of amides is 1. The van der Waals surface area contributed by atoms with Crippen LogP contribution in [0.15, 0.2) is 29.2 Å². The number of rotatable bonds is 4. The van der Waals surface area contributed by atoms with E-state index in [1.54, 1.807) is 22.2 Å². The minimum atomic E-state index is 0.0764. The lowest BCUT2D eigenvalue weighted by Gasteiger charge is -2.19. The van der Waals surface area contributed by atoms with E-state index in [4.69, 9.17) is 0 Å². The number of carbonyl (C=O) groups is 1. The predicted molar refractivity (Wildman–Crippen MR) is 113 cm³/mol. The van der Waals surface area contributed by atoms with Gasteiger partial charge in [0, 0.05) is 22.1 Å². The standard InChI is InChI=1S/C22H25NOS2/c1-14-3-6-16(7-4-14)9-10-23-22(24)21-12-20-18(13-25-21)17-8-5-15(2)11-19(17)26-20/h3-4,6-7,12,15H,5,8-11,13H2,1-2H3,(H,23,24)/t15-/m0/s1. The van der Waals surface area contributed by atoms with Crippen LogP contribution in [0.3, 0.4) is 0 Å². The SMILES string of the molecule is Cc1ccc(CCNC(=O)C2=Cc3sc4c(c3CS2)CC[C@H](C)C4)cc1. The normalized spacial score (nSPS) is 18.7. The van der Waals surface area contributed by atoms with E-state index in [0.717, 1.165) is 23.0 Å². The van der Waals surface area contributed by atoms with Crippen molar-refractivity contribution in [2.75, 3.05) is 6.54 Å². The molecule has 0 saturated carbocycles. The summed E-state index contributed by atoms with van der Waals surface area (Å²) in [5, 5.41) is 3.09. The number of thioether (sulfide) groups is 1. The lowest BCUT2D eigenvalue weighted by Crippen LogP contribution is -2.26. The van der Waals surface area contributed by atoms with Crippen LogP contribution in [0.2, 0.25) is 0 Å². The van der Waals surface area contributed by atoms with Crippen LogP contribution in [0, 0.1) is 12.8 Å². The highest BCUT2D eigenvalue weighted by Crippen LogP contribution is 2.43. The fourth-order valence-electron chi connectivity index (χ4n) is 3.72. The molecule has 2 nitrogen and oxygen atoms in total. The van der Waals surface area contributed by atoms with Crippen molar-refractivity contribution in [3.05, 3.63) is 61.2 Å². The van der Waals surface area contributed by atoms with Crippen molar-refractivity contribution in [2.45, 2.75) is 45.3 Å². The average Bonchev–Trinajstić information content (AvgIpc) is 2.99. The number of hydrogen-bond donors (Lipinski definition) is 1. The maximum Gasteiger partial charge on any atom is 0.257 e. The molecular formula is C22H25NOS2. The molecule has 1 N–H and O–H groups in total. The van der Waals surface area contributed by atoms with Crippen molar-refractivity contribution < 1.29 is 4.79 Å². The van der Waals surface area contributed by atoms with Gasteiger partial charge in [0.05, 0.1) is 4.91 Å². The van der Waals surface area contributed by atoms with E-state index in [2.05, 4.69) is 49.5 Å². The number of aryl methyl sites for hydroxylation is 1. The fraction of sp³-hybridized carbons (Fsp3) is 0.409. The Hall–Kier alpha value is -1.52. The van der Waals surface area contributed by atoms with Gasteiger partial charge in [-0.1, -0.05) is 36.8 Å². The van der Waals surface area contributed by atoms with Gasteiger partial charge in [0.15, 0.2) is 0 Å². The summed E-state index contributed by atoms with van der Waals surface area (Å²) >= 11 is 3.61. The third kappa shape index (κ3) is 3.77. The molecule has 0 bridgehead atoms. The van der Waals surface area contributed by atoms with E-state index in [1.807, 2.05) is 11.3 Å². The summed E-state index contributed by atoms with van der Waals surface area (Å²) in [5.74, 6) is 1.82. The number of nitrogens with one attached hydrogen (secondary N) is 1. The quantitative estimate of drug-likeness (QED) is 0.793. The fourth-order valence-corrected chi connectivity index (χ4v) is 6.39. The topological polar surface area (TPSA) is 29.1 Å². The largest absolute Gasteiger partial charge is 0.351 e. The van der Waals surface area contributed by atoms with Gasteiger partial charge in [0.25, 0.3) is 5.91 Å². The molecule has 1 amide bonds. The predicted octanol–water partition coefficient (Wildman–Crippen LogP) is 5.13. The Morgan fingerprint density at radius 3 is 2.85 bits per heavy atom. The zero-order valence-corrected chi connectivity index (χ0v) is 17.1. The molecule has 2 aliphatic rings. The monoisotopic (exact) mass is 383 g/mol. The molecule has 0 fully saturated rings. The third-order valence-electron chi connectivity index (χ3n) is 5.33. The van der Waals surface area contributed by atoms with E-state index in [1.165, 1.54) is 40.8 Å². The molecule has 1 aromatic carbocycles. The average molecular weight is 384 g/mol. The second kappa shape index (κ2) is 7.61. The summed E-state index contributed by atoms with van der Waals surface area (Å²) in [6, 6.07) is 8.52. The Kier molecular flexibility index (Phi) is 5.23. The Morgan fingerprint density at radius 1 is 1.23 bits per heavy atom. The van der Waals surface area contributed by atoms with Crippen LogP contribution < -0.4 is 5.32 Å². The molecule has 0 radical (unpaired) electrons. The van der Waals surface area contributed by atoms with Crippen molar-refractivity contribution in [2.24, 2.45) is 5.92 Å². The Bertz CT molecular complexity index is 848. The molecule has 1 aliphatic heterocycles. The van der Waals surface area contributed by atoms with Gasteiger partial charge < -0.3 is 5.32 Å². The van der Waals surface area contributed by atoms with E-state index in [0.29, 0.717) is 6.54 Å². The first kappa shape index (κ1) is 17.9. The van der Waals surface area contributed by atoms with Crippen molar-refractivity contribution in [3.63, 3.8) is 0 Å². The maximum absolute atomic E-state index is 12.6. The van der Waals surface area contributed by atoms with Gasteiger partial charge in [-0.3, -0.25) is 4.79 Å². The summed E-state index contributed by atoms with van der Waals surface area (Å²) in [7, 11) is 0. The van der Waals surface area contributed by atoms with Crippen LogP contribution in [-0.4, -0.2) is 12.5 Å². The highest BCUT2D eigenvalue weighted by Gasteiger charge is 2.26. The van der Waals surface area contributed by atoms with Crippen LogP contribution in [0.4, 0.5) is 0 Å². The molecular weight excluding hydrogens is 358 g/mol.